The maximum atomic E-state index is 11.8. The Hall–Kier alpha value is -2.05. The van der Waals surface area contributed by atoms with Crippen molar-refractivity contribution in [1.29, 1.82) is 0 Å². The fourth-order valence-corrected chi connectivity index (χ4v) is 1.72. The molecule has 1 aromatic heterocycles. The van der Waals surface area contributed by atoms with E-state index in [4.69, 9.17) is 10.9 Å². The first-order valence-electron chi connectivity index (χ1n) is 5.35. The van der Waals surface area contributed by atoms with Crippen LogP contribution < -0.4 is 11.1 Å². The molecule has 2 unspecified atom stereocenters. The summed E-state index contributed by atoms with van der Waals surface area (Å²) in [6.07, 6.45) is 2.35. The number of nitrogens with two attached hydrogens (primary N) is 1. The zero-order valence-electron chi connectivity index (χ0n) is 9.71. The maximum Gasteiger partial charge on any atom is 0.228 e. The molecule has 1 fully saturated rings. The number of nitrogens with zero attached hydrogens (tertiary/aromatic N) is 3. The molecule has 0 saturated heterocycles. The summed E-state index contributed by atoms with van der Waals surface area (Å²) in [7, 11) is 1.68. The van der Waals surface area contributed by atoms with Crippen LogP contribution in [-0.4, -0.2) is 26.7 Å². The van der Waals surface area contributed by atoms with Gasteiger partial charge in [-0.2, -0.15) is 5.10 Å². The Morgan fingerprint density at radius 1 is 1.76 bits per heavy atom. The molecule has 1 aliphatic carbocycles. The van der Waals surface area contributed by atoms with Crippen LogP contribution in [0.25, 0.3) is 0 Å². The van der Waals surface area contributed by atoms with Crippen LogP contribution in [0.5, 0.6) is 0 Å². The number of anilines is 1. The number of aryl methyl sites for hydroxylation is 1. The monoisotopic (exact) mass is 237 g/mol. The largest absolute Gasteiger partial charge is 0.409 e. The second-order valence-electron chi connectivity index (χ2n) is 4.32. The molecular formula is C10H15N5O2. The Morgan fingerprint density at radius 2 is 2.41 bits per heavy atom. The molecule has 0 spiro atoms. The summed E-state index contributed by atoms with van der Waals surface area (Å²) in [5.74, 6) is 0.815. The van der Waals surface area contributed by atoms with Crippen LogP contribution in [-0.2, 0) is 11.8 Å². The lowest BCUT2D eigenvalue weighted by Gasteiger charge is -2.07. The van der Waals surface area contributed by atoms with Crippen LogP contribution in [0.2, 0.25) is 0 Å². The summed E-state index contributed by atoms with van der Waals surface area (Å²) in [6.45, 7) is 2.03. The summed E-state index contributed by atoms with van der Waals surface area (Å²) in [6, 6.07) is 0. The third-order valence-electron chi connectivity index (χ3n) is 3.01. The highest BCUT2D eigenvalue weighted by Crippen LogP contribution is 2.38. The van der Waals surface area contributed by atoms with Gasteiger partial charge in [0.25, 0.3) is 0 Å². The van der Waals surface area contributed by atoms with E-state index in [2.05, 4.69) is 15.6 Å². The Labute approximate surface area is 98.3 Å². The minimum atomic E-state index is -0.0720. The molecule has 0 bridgehead atoms. The lowest BCUT2D eigenvalue weighted by atomic mass is 10.2. The first kappa shape index (κ1) is 11.4. The fourth-order valence-electron chi connectivity index (χ4n) is 1.72. The normalized spacial score (nSPS) is 23.5. The summed E-state index contributed by atoms with van der Waals surface area (Å²) in [5, 5.41) is 18.3. The van der Waals surface area contributed by atoms with Gasteiger partial charge in [0.15, 0.2) is 5.84 Å². The predicted octanol–water partition coefficient (Wildman–Crippen LogP) is 0.109. The van der Waals surface area contributed by atoms with Crippen molar-refractivity contribution in [2.45, 2.75) is 13.3 Å². The minimum Gasteiger partial charge on any atom is -0.409 e. The van der Waals surface area contributed by atoms with Crippen molar-refractivity contribution in [1.82, 2.24) is 9.78 Å². The molecule has 0 radical (unpaired) electrons. The molecule has 92 valence electrons. The van der Waals surface area contributed by atoms with E-state index in [9.17, 15) is 4.79 Å². The van der Waals surface area contributed by atoms with Crippen molar-refractivity contribution in [2.75, 3.05) is 5.32 Å². The standard InChI is InChI=1S/C10H15N5O2/c1-5-3-6(5)10(16)13-9-7(8(11)14-17)4-12-15(9)2/h4-6,17H,3H2,1-2H3,(H2,11,14)(H,13,16). The van der Waals surface area contributed by atoms with Gasteiger partial charge in [-0.15, -0.1) is 0 Å². The van der Waals surface area contributed by atoms with Crippen LogP contribution in [0.4, 0.5) is 5.82 Å². The van der Waals surface area contributed by atoms with Crippen molar-refractivity contribution in [3.05, 3.63) is 11.8 Å². The number of carbonyl (C=O) groups is 1. The molecule has 1 amide bonds. The molecule has 17 heavy (non-hydrogen) atoms. The molecule has 1 heterocycles. The van der Waals surface area contributed by atoms with Crippen molar-refractivity contribution >= 4 is 17.6 Å². The van der Waals surface area contributed by atoms with E-state index in [1.807, 2.05) is 6.92 Å². The quantitative estimate of drug-likeness (QED) is 0.300. The summed E-state index contributed by atoms with van der Waals surface area (Å²) >= 11 is 0. The second kappa shape index (κ2) is 4.08. The molecule has 1 aliphatic rings. The average Bonchev–Trinajstić information content (AvgIpc) is 2.93. The van der Waals surface area contributed by atoms with Crippen molar-refractivity contribution in [2.24, 2.45) is 29.8 Å². The van der Waals surface area contributed by atoms with Crippen LogP contribution >= 0.6 is 0 Å². The lowest BCUT2D eigenvalue weighted by molar-refractivity contribution is -0.117. The van der Waals surface area contributed by atoms with Gasteiger partial charge in [0, 0.05) is 13.0 Å². The zero-order valence-corrected chi connectivity index (χ0v) is 9.71. The second-order valence-corrected chi connectivity index (χ2v) is 4.32. The van der Waals surface area contributed by atoms with E-state index in [0.717, 1.165) is 6.42 Å². The summed E-state index contributed by atoms with van der Waals surface area (Å²) in [5.41, 5.74) is 5.91. The van der Waals surface area contributed by atoms with Gasteiger partial charge in [-0.25, -0.2) is 0 Å². The third-order valence-corrected chi connectivity index (χ3v) is 3.01. The van der Waals surface area contributed by atoms with Gasteiger partial charge in [0.05, 0.1) is 11.8 Å². The van der Waals surface area contributed by atoms with Gasteiger partial charge in [-0.05, 0) is 12.3 Å². The first-order valence-corrected chi connectivity index (χ1v) is 5.35. The number of amidine groups is 1. The van der Waals surface area contributed by atoms with E-state index >= 15 is 0 Å². The topological polar surface area (TPSA) is 106 Å². The summed E-state index contributed by atoms with van der Waals surface area (Å²) < 4.78 is 1.48. The average molecular weight is 237 g/mol. The van der Waals surface area contributed by atoms with Crippen molar-refractivity contribution < 1.29 is 10.0 Å². The number of nitrogens with one attached hydrogen (secondary N) is 1. The molecule has 4 N–H and O–H groups in total. The van der Waals surface area contributed by atoms with E-state index in [1.54, 1.807) is 7.05 Å². The predicted molar refractivity (Wildman–Crippen MR) is 61.6 cm³/mol. The zero-order chi connectivity index (χ0) is 12.6. The van der Waals surface area contributed by atoms with Gasteiger partial charge in [-0.3, -0.25) is 9.48 Å². The van der Waals surface area contributed by atoms with E-state index in [1.165, 1.54) is 10.9 Å². The van der Waals surface area contributed by atoms with Crippen LogP contribution in [0.3, 0.4) is 0 Å². The highest BCUT2D eigenvalue weighted by atomic mass is 16.4. The molecule has 0 aliphatic heterocycles. The number of hydrogen-bond donors (Lipinski definition) is 3. The molecule has 1 aromatic rings. The number of carbonyl (C=O) groups excluding carboxylic acids is 1. The van der Waals surface area contributed by atoms with Gasteiger partial charge < -0.3 is 16.3 Å². The molecule has 2 atom stereocenters. The number of amides is 1. The third kappa shape index (κ3) is 2.08. The first-order chi connectivity index (χ1) is 8.04. The van der Waals surface area contributed by atoms with E-state index in [0.29, 0.717) is 17.3 Å². The molecule has 1 saturated carbocycles. The Morgan fingerprint density at radius 3 is 2.94 bits per heavy atom. The smallest absolute Gasteiger partial charge is 0.228 e. The van der Waals surface area contributed by atoms with Gasteiger partial charge in [0.1, 0.15) is 5.82 Å². The number of aromatic nitrogens is 2. The summed E-state index contributed by atoms with van der Waals surface area (Å²) in [4.78, 5) is 11.8. The molecule has 7 heteroatoms. The number of rotatable bonds is 3. The number of oxime groups is 1. The Balaban J connectivity index is 2.20. The Bertz CT molecular complexity index is 479. The minimum absolute atomic E-state index is 0.0481. The lowest BCUT2D eigenvalue weighted by Crippen LogP contribution is -2.21. The molecule has 2 rings (SSSR count). The van der Waals surface area contributed by atoms with Gasteiger partial charge in [-0.1, -0.05) is 12.1 Å². The molecule has 0 aromatic carbocycles. The highest BCUT2D eigenvalue weighted by Gasteiger charge is 2.39. The Kier molecular flexibility index (Phi) is 2.74. The highest BCUT2D eigenvalue weighted by molar-refractivity contribution is 6.05. The van der Waals surface area contributed by atoms with E-state index in [-0.39, 0.29) is 17.7 Å². The SMILES string of the molecule is CC1CC1C(=O)Nc1c(/C(N)=N/O)cnn1C. The van der Waals surface area contributed by atoms with Gasteiger partial charge >= 0.3 is 0 Å². The van der Waals surface area contributed by atoms with Gasteiger partial charge in [0.2, 0.25) is 5.91 Å². The fraction of sp³-hybridized carbons (Fsp3) is 0.500. The maximum absolute atomic E-state index is 11.8. The van der Waals surface area contributed by atoms with Crippen LogP contribution in [0.1, 0.15) is 18.9 Å². The molecule has 7 nitrogen and oxygen atoms in total. The van der Waals surface area contributed by atoms with Crippen molar-refractivity contribution in [3.63, 3.8) is 0 Å². The number of hydrogen-bond acceptors (Lipinski definition) is 4. The van der Waals surface area contributed by atoms with Crippen molar-refractivity contribution in [3.8, 4) is 0 Å². The van der Waals surface area contributed by atoms with Crippen LogP contribution in [0.15, 0.2) is 11.4 Å². The molecular weight excluding hydrogens is 222 g/mol. The van der Waals surface area contributed by atoms with E-state index < -0.39 is 0 Å². The van der Waals surface area contributed by atoms with Crippen LogP contribution in [0, 0.1) is 11.8 Å².